The summed E-state index contributed by atoms with van der Waals surface area (Å²) in [6.07, 6.45) is 4.49. The number of benzene rings is 2. The van der Waals surface area contributed by atoms with Crippen LogP contribution in [0.5, 0.6) is 5.75 Å². The lowest BCUT2D eigenvalue weighted by Gasteiger charge is -2.30. The molecule has 2 N–H and O–H groups in total. The van der Waals surface area contributed by atoms with Gasteiger partial charge in [0.05, 0.1) is 18.0 Å². The van der Waals surface area contributed by atoms with Crippen LogP contribution >= 0.6 is 0 Å². The summed E-state index contributed by atoms with van der Waals surface area (Å²) in [6, 6.07) is 15.2. The maximum atomic E-state index is 13.0. The minimum Gasteiger partial charge on any atom is -0.497 e. The molecule has 0 radical (unpaired) electrons. The number of aromatic nitrogens is 2. The van der Waals surface area contributed by atoms with Gasteiger partial charge in [-0.1, -0.05) is 37.1 Å². The highest BCUT2D eigenvalue weighted by molar-refractivity contribution is 5.80. The molecular weight excluding hydrogens is 378 g/mol. The molecule has 6 heteroatoms. The zero-order valence-electron chi connectivity index (χ0n) is 17.2. The molecule has 0 saturated heterocycles. The molecule has 2 atom stereocenters. The SMILES string of the molecule is COc1ccc(CCNC(=O)[C@@H]2CCCC[C@H]2c2nc3ccccc3c(=O)[nH]2)cc1. The summed E-state index contributed by atoms with van der Waals surface area (Å²) in [4.78, 5) is 33.1. The first-order valence-corrected chi connectivity index (χ1v) is 10.6. The van der Waals surface area contributed by atoms with Crippen molar-refractivity contribution in [1.29, 1.82) is 0 Å². The second-order valence-electron chi connectivity index (χ2n) is 7.85. The standard InChI is InChI=1S/C24H27N3O3/c1-30-17-12-10-16(11-13-17)14-15-25-23(28)19-7-3-2-6-18(19)22-26-21-9-5-4-8-20(21)24(29)27-22/h4-5,8-13,18-19H,2-3,6-7,14-15H2,1H3,(H,25,28)(H,26,27,29)/t18-,19-/m1/s1. The average molecular weight is 405 g/mol. The molecule has 1 heterocycles. The Balaban J connectivity index is 1.45. The van der Waals surface area contributed by atoms with Gasteiger partial charge in [-0.25, -0.2) is 4.98 Å². The van der Waals surface area contributed by atoms with Crippen LogP contribution in [0.15, 0.2) is 53.3 Å². The molecular formula is C24H27N3O3. The molecule has 1 saturated carbocycles. The summed E-state index contributed by atoms with van der Waals surface area (Å²) in [5.74, 6) is 1.28. The summed E-state index contributed by atoms with van der Waals surface area (Å²) in [5.41, 5.74) is 1.69. The van der Waals surface area contributed by atoms with Crippen molar-refractivity contribution in [3.63, 3.8) is 0 Å². The first-order valence-electron chi connectivity index (χ1n) is 10.6. The lowest BCUT2D eigenvalue weighted by Crippen LogP contribution is -2.37. The molecule has 6 nitrogen and oxygen atoms in total. The topological polar surface area (TPSA) is 84.1 Å². The van der Waals surface area contributed by atoms with Crippen molar-refractivity contribution >= 4 is 16.8 Å². The zero-order valence-corrected chi connectivity index (χ0v) is 17.2. The van der Waals surface area contributed by atoms with Gasteiger partial charge < -0.3 is 15.0 Å². The third-order valence-electron chi connectivity index (χ3n) is 5.96. The van der Waals surface area contributed by atoms with Crippen LogP contribution in [0.25, 0.3) is 10.9 Å². The lowest BCUT2D eigenvalue weighted by atomic mass is 9.78. The fourth-order valence-corrected chi connectivity index (χ4v) is 4.31. The first-order chi connectivity index (χ1) is 14.7. The fraction of sp³-hybridized carbons (Fsp3) is 0.375. The number of hydrogen-bond donors (Lipinski definition) is 2. The normalized spacial score (nSPS) is 18.8. The quantitative estimate of drug-likeness (QED) is 0.657. The number of para-hydroxylation sites is 1. The van der Waals surface area contributed by atoms with Crippen LogP contribution in [-0.4, -0.2) is 29.5 Å². The van der Waals surface area contributed by atoms with Crippen LogP contribution in [0.4, 0.5) is 0 Å². The highest BCUT2D eigenvalue weighted by Crippen LogP contribution is 2.36. The van der Waals surface area contributed by atoms with Gasteiger partial charge in [0.15, 0.2) is 0 Å². The Morgan fingerprint density at radius 2 is 1.90 bits per heavy atom. The summed E-state index contributed by atoms with van der Waals surface area (Å²) < 4.78 is 5.18. The maximum absolute atomic E-state index is 13.0. The van der Waals surface area contributed by atoms with Crippen molar-refractivity contribution in [2.45, 2.75) is 38.0 Å². The summed E-state index contributed by atoms with van der Waals surface area (Å²) >= 11 is 0. The molecule has 1 aliphatic carbocycles. The number of hydrogen-bond acceptors (Lipinski definition) is 4. The number of ether oxygens (including phenoxy) is 1. The number of methoxy groups -OCH3 is 1. The van der Waals surface area contributed by atoms with Gasteiger partial charge in [-0.2, -0.15) is 0 Å². The molecule has 30 heavy (non-hydrogen) atoms. The number of amides is 1. The fourth-order valence-electron chi connectivity index (χ4n) is 4.31. The lowest BCUT2D eigenvalue weighted by molar-refractivity contribution is -0.126. The average Bonchev–Trinajstić information content (AvgIpc) is 2.79. The van der Waals surface area contributed by atoms with Gasteiger partial charge in [-0.05, 0) is 49.1 Å². The Morgan fingerprint density at radius 3 is 2.70 bits per heavy atom. The second kappa shape index (κ2) is 9.11. The van der Waals surface area contributed by atoms with E-state index in [1.54, 1.807) is 13.2 Å². The number of aromatic amines is 1. The Hall–Kier alpha value is -3.15. The molecule has 4 rings (SSSR count). The van der Waals surface area contributed by atoms with Gasteiger partial charge in [0.25, 0.3) is 5.56 Å². The highest BCUT2D eigenvalue weighted by Gasteiger charge is 2.33. The van der Waals surface area contributed by atoms with Gasteiger partial charge in [0, 0.05) is 18.4 Å². The van der Waals surface area contributed by atoms with Gasteiger partial charge >= 0.3 is 0 Å². The number of nitrogens with one attached hydrogen (secondary N) is 2. The Labute approximate surface area is 175 Å². The second-order valence-corrected chi connectivity index (χ2v) is 7.85. The third kappa shape index (κ3) is 4.37. The molecule has 2 aromatic carbocycles. The van der Waals surface area contributed by atoms with E-state index in [9.17, 15) is 9.59 Å². The third-order valence-corrected chi connectivity index (χ3v) is 5.96. The Bertz CT molecular complexity index is 1070. The van der Waals surface area contributed by atoms with Gasteiger partial charge in [-0.3, -0.25) is 9.59 Å². The van der Waals surface area contributed by atoms with Crippen molar-refractivity contribution in [1.82, 2.24) is 15.3 Å². The molecule has 3 aromatic rings. The monoisotopic (exact) mass is 405 g/mol. The van der Waals surface area contributed by atoms with E-state index in [1.165, 1.54) is 0 Å². The molecule has 1 aliphatic rings. The van der Waals surface area contributed by atoms with E-state index < -0.39 is 0 Å². The number of rotatable bonds is 6. The van der Waals surface area contributed by atoms with E-state index >= 15 is 0 Å². The molecule has 0 aliphatic heterocycles. The predicted molar refractivity (Wildman–Crippen MR) is 117 cm³/mol. The Morgan fingerprint density at radius 1 is 1.13 bits per heavy atom. The number of carbonyl (C=O) groups excluding carboxylic acids is 1. The van der Waals surface area contributed by atoms with Gasteiger partial charge in [-0.15, -0.1) is 0 Å². The van der Waals surface area contributed by atoms with Crippen molar-refractivity contribution in [2.24, 2.45) is 5.92 Å². The van der Waals surface area contributed by atoms with Crippen LogP contribution in [0.2, 0.25) is 0 Å². The minimum absolute atomic E-state index is 0.0454. The van der Waals surface area contributed by atoms with Crippen LogP contribution in [0.1, 0.15) is 43.0 Å². The van der Waals surface area contributed by atoms with Crippen molar-refractivity contribution < 1.29 is 9.53 Å². The largest absolute Gasteiger partial charge is 0.497 e. The number of fused-ring (bicyclic) bond motifs is 1. The summed E-state index contributed by atoms with van der Waals surface area (Å²) in [7, 11) is 1.65. The van der Waals surface area contributed by atoms with Crippen LogP contribution in [0.3, 0.4) is 0 Å². The van der Waals surface area contributed by atoms with E-state index in [0.29, 0.717) is 23.3 Å². The molecule has 0 unspecified atom stereocenters. The molecule has 0 bridgehead atoms. The molecule has 156 valence electrons. The van der Waals surface area contributed by atoms with Crippen molar-refractivity contribution in [2.75, 3.05) is 13.7 Å². The maximum Gasteiger partial charge on any atom is 0.258 e. The Kier molecular flexibility index (Phi) is 6.12. The number of carbonyl (C=O) groups is 1. The summed E-state index contributed by atoms with van der Waals surface area (Å²) in [6.45, 7) is 0.579. The van der Waals surface area contributed by atoms with E-state index in [1.807, 2.05) is 42.5 Å². The molecule has 1 amide bonds. The van der Waals surface area contributed by atoms with E-state index in [2.05, 4.69) is 15.3 Å². The van der Waals surface area contributed by atoms with Gasteiger partial charge in [0.1, 0.15) is 11.6 Å². The molecule has 1 aromatic heterocycles. The van der Waals surface area contributed by atoms with Gasteiger partial charge in [0.2, 0.25) is 5.91 Å². The number of H-pyrrole nitrogens is 1. The van der Waals surface area contributed by atoms with Crippen LogP contribution in [0, 0.1) is 5.92 Å². The van der Waals surface area contributed by atoms with Crippen LogP contribution < -0.4 is 15.6 Å². The minimum atomic E-state index is -0.168. The smallest absolute Gasteiger partial charge is 0.258 e. The molecule has 1 fully saturated rings. The van der Waals surface area contributed by atoms with Crippen LogP contribution in [-0.2, 0) is 11.2 Å². The van der Waals surface area contributed by atoms with Crippen molar-refractivity contribution in [3.8, 4) is 5.75 Å². The van der Waals surface area contributed by atoms with E-state index in [4.69, 9.17) is 4.74 Å². The predicted octanol–water partition coefficient (Wildman–Crippen LogP) is 3.56. The zero-order chi connectivity index (χ0) is 20.9. The first kappa shape index (κ1) is 20.1. The number of nitrogens with zero attached hydrogens (tertiary/aromatic N) is 1. The van der Waals surface area contributed by atoms with E-state index in [0.717, 1.165) is 43.4 Å². The van der Waals surface area contributed by atoms with E-state index in [-0.39, 0.29) is 23.3 Å². The highest BCUT2D eigenvalue weighted by atomic mass is 16.5. The van der Waals surface area contributed by atoms with Crippen molar-refractivity contribution in [3.05, 3.63) is 70.3 Å². The summed E-state index contributed by atoms with van der Waals surface area (Å²) in [5, 5.41) is 3.67. The molecule has 0 spiro atoms.